The molecule has 2 aromatic carbocycles. The van der Waals surface area contributed by atoms with Gasteiger partial charge in [-0.05, 0) is 78.9 Å². The van der Waals surface area contributed by atoms with E-state index in [4.69, 9.17) is 4.74 Å². The van der Waals surface area contributed by atoms with Crippen molar-refractivity contribution in [3.8, 4) is 0 Å². The molecule has 1 aliphatic heterocycles. The number of likely N-dealkylation sites (tertiary alicyclic amines) is 1. The van der Waals surface area contributed by atoms with E-state index in [9.17, 15) is 9.59 Å². The van der Waals surface area contributed by atoms with E-state index in [0.717, 1.165) is 46.0 Å². The molecule has 31 heavy (non-hydrogen) atoms. The number of nitrogens with zero attached hydrogens (tertiary/aromatic N) is 2. The lowest BCUT2D eigenvalue weighted by Crippen LogP contribution is -2.38. The molecule has 0 aliphatic carbocycles. The molecule has 3 aromatic rings. The number of amides is 1. The average Bonchev–Trinajstić information content (AvgIpc) is 2.79. The maximum absolute atomic E-state index is 12.7. The first kappa shape index (κ1) is 21.7. The number of aromatic nitrogens is 1. The lowest BCUT2D eigenvalue weighted by molar-refractivity contribution is 0.0813. The highest BCUT2D eigenvalue weighted by Gasteiger charge is 2.25. The van der Waals surface area contributed by atoms with Gasteiger partial charge >= 0.3 is 6.09 Å². The monoisotopic (exact) mass is 529 g/mol. The number of carbonyl (C=O) groups excluding carboxylic acids is 2. The largest absolute Gasteiger partial charge is 0.448 e. The molecule has 160 valence electrons. The van der Waals surface area contributed by atoms with E-state index in [-0.39, 0.29) is 11.7 Å². The molecule has 0 unspecified atom stereocenters. The third-order valence-corrected chi connectivity index (χ3v) is 6.30. The first-order valence-electron chi connectivity index (χ1n) is 10.4. The Kier molecular flexibility index (Phi) is 7.14. The van der Waals surface area contributed by atoms with Crippen LogP contribution in [0.15, 0.2) is 60.8 Å². The molecule has 0 bridgehead atoms. The van der Waals surface area contributed by atoms with Crippen molar-refractivity contribution in [2.24, 2.45) is 5.92 Å². The van der Waals surface area contributed by atoms with Crippen LogP contribution >= 0.6 is 22.6 Å². The smallest absolute Gasteiger partial charge is 0.411 e. The molecule has 4 rings (SSSR count). The van der Waals surface area contributed by atoms with Crippen LogP contribution in [0.4, 0.5) is 10.5 Å². The molecule has 0 radical (unpaired) electrons. The van der Waals surface area contributed by atoms with E-state index < -0.39 is 6.09 Å². The van der Waals surface area contributed by atoms with E-state index in [2.05, 4.69) is 37.8 Å². The Hall–Kier alpha value is -2.52. The minimum absolute atomic E-state index is 0.0713. The minimum Gasteiger partial charge on any atom is -0.448 e. The molecule has 1 aliphatic rings. The number of hydrogen-bond donors (Lipinski definition) is 1. The van der Waals surface area contributed by atoms with E-state index >= 15 is 0 Å². The highest BCUT2D eigenvalue weighted by atomic mass is 127. The van der Waals surface area contributed by atoms with Crippen molar-refractivity contribution >= 4 is 51.1 Å². The first-order chi connectivity index (χ1) is 15.1. The number of hydrogen-bond acceptors (Lipinski definition) is 5. The summed E-state index contributed by atoms with van der Waals surface area (Å²) in [5.74, 6) is 0.304. The number of ether oxygens (including phenoxy) is 1. The Balaban J connectivity index is 1.18. The Morgan fingerprint density at radius 1 is 1.10 bits per heavy atom. The average molecular weight is 529 g/mol. The first-order valence-corrected chi connectivity index (χ1v) is 11.5. The van der Waals surface area contributed by atoms with E-state index in [1.165, 1.54) is 0 Å². The summed E-state index contributed by atoms with van der Waals surface area (Å²) in [7, 11) is 0. The van der Waals surface area contributed by atoms with E-state index in [1.807, 2.05) is 54.6 Å². The molecule has 7 heteroatoms. The molecule has 1 aromatic heterocycles. The number of rotatable bonds is 6. The predicted octanol–water partition coefficient (Wildman–Crippen LogP) is 4.98. The fourth-order valence-electron chi connectivity index (χ4n) is 3.83. The Labute approximate surface area is 195 Å². The van der Waals surface area contributed by atoms with Gasteiger partial charge < -0.3 is 4.74 Å². The molecule has 2 heterocycles. The van der Waals surface area contributed by atoms with Gasteiger partial charge in [0.05, 0.1) is 5.52 Å². The van der Waals surface area contributed by atoms with Gasteiger partial charge in [-0.1, -0.05) is 24.3 Å². The zero-order valence-corrected chi connectivity index (χ0v) is 19.2. The number of halogens is 1. The van der Waals surface area contributed by atoms with Crippen molar-refractivity contribution in [2.75, 3.05) is 31.6 Å². The summed E-state index contributed by atoms with van der Waals surface area (Å²) in [5.41, 5.74) is 2.27. The van der Waals surface area contributed by atoms with Crippen LogP contribution in [0.3, 0.4) is 0 Å². The second-order valence-electron chi connectivity index (χ2n) is 7.66. The van der Waals surface area contributed by atoms with Crippen LogP contribution in [0.25, 0.3) is 10.9 Å². The summed E-state index contributed by atoms with van der Waals surface area (Å²) in [6, 6.07) is 17.2. The lowest BCUT2D eigenvalue weighted by Gasteiger charge is -2.31. The Morgan fingerprint density at radius 3 is 2.65 bits per heavy atom. The van der Waals surface area contributed by atoms with Crippen LogP contribution in [-0.4, -0.2) is 48.0 Å². The summed E-state index contributed by atoms with van der Waals surface area (Å²) in [5, 5.41) is 3.77. The van der Waals surface area contributed by atoms with Gasteiger partial charge in [-0.2, -0.15) is 0 Å². The van der Waals surface area contributed by atoms with Crippen molar-refractivity contribution in [3.05, 3.63) is 69.9 Å². The molecule has 1 N–H and O–H groups in total. The van der Waals surface area contributed by atoms with Gasteiger partial charge in [0, 0.05) is 38.9 Å². The van der Waals surface area contributed by atoms with Crippen LogP contribution in [-0.2, 0) is 4.74 Å². The molecule has 1 amide bonds. The van der Waals surface area contributed by atoms with Crippen LogP contribution < -0.4 is 5.32 Å². The van der Waals surface area contributed by atoms with Crippen LogP contribution in [0.1, 0.15) is 23.2 Å². The zero-order valence-electron chi connectivity index (χ0n) is 17.1. The molecule has 1 fully saturated rings. The number of benzene rings is 2. The van der Waals surface area contributed by atoms with Crippen molar-refractivity contribution < 1.29 is 14.3 Å². The molecular weight excluding hydrogens is 505 g/mol. The number of Topliss-reactive ketones (excluding diaryl/α,β-unsaturated/α-hetero) is 1. The third kappa shape index (κ3) is 5.80. The Morgan fingerprint density at radius 2 is 1.87 bits per heavy atom. The third-order valence-electron chi connectivity index (χ3n) is 5.58. The molecule has 0 spiro atoms. The molecule has 0 saturated carbocycles. The minimum atomic E-state index is -0.473. The van der Waals surface area contributed by atoms with Gasteiger partial charge in [-0.25, -0.2) is 4.79 Å². The number of ketones is 1. The highest BCUT2D eigenvalue weighted by molar-refractivity contribution is 14.1. The van der Waals surface area contributed by atoms with E-state index in [0.29, 0.717) is 18.8 Å². The second-order valence-corrected chi connectivity index (χ2v) is 8.90. The lowest BCUT2D eigenvalue weighted by atomic mass is 9.89. The number of fused-ring (bicyclic) bond motifs is 1. The summed E-state index contributed by atoms with van der Waals surface area (Å²) in [4.78, 5) is 31.3. The van der Waals surface area contributed by atoms with Crippen molar-refractivity contribution in [3.63, 3.8) is 0 Å². The summed E-state index contributed by atoms with van der Waals surface area (Å²) >= 11 is 2.24. The van der Waals surface area contributed by atoms with Gasteiger partial charge in [0.25, 0.3) is 0 Å². The number of nitrogens with one attached hydrogen (secondary N) is 1. The van der Waals surface area contributed by atoms with Crippen LogP contribution in [0.5, 0.6) is 0 Å². The normalized spacial score (nSPS) is 15.0. The predicted molar refractivity (Wildman–Crippen MR) is 129 cm³/mol. The van der Waals surface area contributed by atoms with Gasteiger partial charge in [-0.3, -0.25) is 20.0 Å². The highest BCUT2D eigenvalue weighted by Crippen LogP contribution is 2.22. The molecular formula is C24H24IN3O3. The maximum Gasteiger partial charge on any atom is 0.411 e. The number of carbonyl (C=O) groups is 2. The van der Waals surface area contributed by atoms with Crippen molar-refractivity contribution in [1.29, 1.82) is 0 Å². The van der Waals surface area contributed by atoms with Gasteiger partial charge in [0.2, 0.25) is 0 Å². The SMILES string of the molecule is O=C(Nc1ccc2cccnc2c1)OCCN1CCC(C(=O)c2ccc(I)cc2)CC1. The number of anilines is 1. The molecule has 0 atom stereocenters. The standard InChI is InChI=1S/C24H24IN3O3/c25-20-6-3-18(4-7-20)23(29)19-9-12-28(13-10-19)14-15-31-24(30)27-21-8-5-17-2-1-11-26-22(17)16-21/h1-8,11,16,19H,9-10,12-15H2,(H,27,30). The van der Waals surface area contributed by atoms with Gasteiger partial charge in [0.1, 0.15) is 6.61 Å². The fraction of sp³-hybridized carbons (Fsp3) is 0.292. The van der Waals surface area contributed by atoms with E-state index in [1.54, 1.807) is 6.20 Å². The zero-order chi connectivity index (χ0) is 21.6. The fourth-order valence-corrected chi connectivity index (χ4v) is 4.19. The molecule has 1 saturated heterocycles. The molecule has 6 nitrogen and oxygen atoms in total. The van der Waals surface area contributed by atoms with Crippen LogP contribution in [0.2, 0.25) is 0 Å². The van der Waals surface area contributed by atoms with Gasteiger partial charge in [-0.15, -0.1) is 0 Å². The topological polar surface area (TPSA) is 71.5 Å². The summed E-state index contributed by atoms with van der Waals surface area (Å²) in [6.07, 6.45) is 2.92. The maximum atomic E-state index is 12.7. The van der Waals surface area contributed by atoms with Crippen molar-refractivity contribution in [2.45, 2.75) is 12.8 Å². The number of pyridine rings is 1. The van der Waals surface area contributed by atoms with Gasteiger partial charge in [0.15, 0.2) is 5.78 Å². The number of piperidine rings is 1. The summed E-state index contributed by atoms with van der Waals surface area (Å²) < 4.78 is 6.47. The quantitative estimate of drug-likeness (QED) is 0.360. The van der Waals surface area contributed by atoms with Crippen LogP contribution in [0, 0.1) is 9.49 Å². The Bertz CT molecular complexity index is 1060. The second kappa shape index (κ2) is 10.2. The van der Waals surface area contributed by atoms with Crippen molar-refractivity contribution in [1.82, 2.24) is 9.88 Å². The summed E-state index contributed by atoms with van der Waals surface area (Å²) in [6.45, 7) is 2.65.